The zero-order valence-corrected chi connectivity index (χ0v) is 14.1. The Morgan fingerprint density at radius 3 is 2.52 bits per heavy atom. The number of alkyl halides is 1. The van der Waals surface area contributed by atoms with Gasteiger partial charge in [-0.1, -0.05) is 54.8 Å². The van der Waals surface area contributed by atoms with Crippen LogP contribution in [0.4, 0.5) is 5.69 Å². The Balaban J connectivity index is 2.82. The lowest BCUT2D eigenvalue weighted by Crippen LogP contribution is -2.33. The number of para-hydroxylation sites is 1. The van der Waals surface area contributed by atoms with E-state index in [0.717, 1.165) is 12.8 Å². The van der Waals surface area contributed by atoms with Crippen LogP contribution in [-0.4, -0.2) is 22.2 Å². The second kappa shape index (κ2) is 8.12. The number of amides is 1. The zero-order chi connectivity index (χ0) is 16.0. The molecule has 0 fully saturated rings. The molecule has 1 aromatic rings. The van der Waals surface area contributed by atoms with Crippen molar-refractivity contribution in [2.24, 2.45) is 5.92 Å². The molecule has 1 aromatic carbocycles. The van der Waals surface area contributed by atoms with E-state index >= 15 is 0 Å². The summed E-state index contributed by atoms with van der Waals surface area (Å²) in [5, 5.41) is 13.9. The van der Waals surface area contributed by atoms with Crippen LogP contribution >= 0.6 is 15.9 Å². The summed E-state index contributed by atoms with van der Waals surface area (Å²) >= 11 is 3.58. The van der Waals surface area contributed by atoms with Gasteiger partial charge in [0.25, 0.3) is 11.6 Å². The first-order chi connectivity index (χ1) is 9.92. The summed E-state index contributed by atoms with van der Waals surface area (Å²) < 4.78 is 0. The Hall–Kier alpha value is -1.43. The van der Waals surface area contributed by atoms with E-state index in [0.29, 0.717) is 18.0 Å². The number of hydrogen-bond acceptors (Lipinski definition) is 3. The second-order valence-electron chi connectivity index (χ2n) is 5.03. The van der Waals surface area contributed by atoms with Gasteiger partial charge in [-0.05, 0) is 18.9 Å². The average molecular weight is 357 g/mol. The van der Waals surface area contributed by atoms with Crippen molar-refractivity contribution in [2.75, 3.05) is 6.54 Å². The van der Waals surface area contributed by atoms with E-state index in [2.05, 4.69) is 35.1 Å². The van der Waals surface area contributed by atoms with Crippen molar-refractivity contribution in [3.8, 4) is 0 Å². The zero-order valence-electron chi connectivity index (χ0n) is 12.6. The van der Waals surface area contributed by atoms with E-state index in [1.54, 1.807) is 19.1 Å². The fourth-order valence-electron chi connectivity index (χ4n) is 2.34. The van der Waals surface area contributed by atoms with Crippen LogP contribution in [0.5, 0.6) is 0 Å². The third kappa shape index (κ3) is 4.52. The Morgan fingerprint density at radius 2 is 2.00 bits per heavy atom. The number of nitro benzene ring substituents is 1. The predicted octanol–water partition coefficient (Wildman–Crippen LogP) is 3.83. The van der Waals surface area contributed by atoms with Crippen molar-refractivity contribution in [1.82, 2.24) is 5.32 Å². The maximum absolute atomic E-state index is 12.2. The maximum Gasteiger partial charge on any atom is 0.285 e. The molecular weight excluding hydrogens is 336 g/mol. The highest BCUT2D eigenvalue weighted by atomic mass is 79.9. The summed E-state index contributed by atoms with van der Waals surface area (Å²) in [5.74, 6) is 0.0681. The van der Waals surface area contributed by atoms with Crippen molar-refractivity contribution < 1.29 is 9.72 Å². The van der Waals surface area contributed by atoms with Gasteiger partial charge in [-0.25, -0.2) is 0 Å². The Morgan fingerprint density at radius 1 is 1.38 bits per heavy atom. The van der Waals surface area contributed by atoms with Gasteiger partial charge in [0.15, 0.2) is 0 Å². The predicted molar refractivity (Wildman–Crippen MR) is 87.0 cm³/mol. The van der Waals surface area contributed by atoms with Gasteiger partial charge in [0.2, 0.25) is 0 Å². The number of nitro groups is 1. The summed E-state index contributed by atoms with van der Waals surface area (Å²) in [4.78, 5) is 23.0. The van der Waals surface area contributed by atoms with Crippen LogP contribution in [0.2, 0.25) is 0 Å². The molecule has 116 valence electrons. The molecule has 1 atom stereocenters. The van der Waals surface area contributed by atoms with E-state index in [1.165, 1.54) is 6.07 Å². The quantitative estimate of drug-likeness (QED) is 0.458. The number of rotatable bonds is 7. The highest BCUT2D eigenvalue weighted by Crippen LogP contribution is 2.23. The summed E-state index contributed by atoms with van der Waals surface area (Å²) in [6, 6.07) is 4.77. The minimum absolute atomic E-state index is 0.115. The molecule has 21 heavy (non-hydrogen) atoms. The van der Waals surface area contributed by atoms with Crippen molar-refractivity contribution in [2.45, 2.75) is 38.4 Å². The summed E-state index contributed by atoms with van der Waals surface area (Å²) in [7, 11) is 0. The number of benzene rings is 1. The molecule has 0 saturated heterocycles. The first-order valence-corrected chi connectivity index (χ1v) is 8.00. The Bertz CT molecular complexity index is 516. The number of carbonyl (C=O) groups is 1. The minimum Gasteiger partial charge on any atom is -0.351 e. The van der Waals surface area contributed by atoms with Crippen molar-refractivity contribution in [1.29, 1.82) is 0 Å². The van der Waals surface area contributed by atoms with Gasteiger partial charge in [0, 0.05) is 16.9 Å². The van der Waals surface area contributed by atoms with Crippen LogP contribution in [0.1, 0.15) is 42.6 Å². The Kier molecular flexibility index (Phi) is 6.81. The van der Waals surface area contributed by atoms with Crippen LogP contribution in [-0.2, 0) is 0 Å². The van der Waals surface area contributed by atoms with Crippen molar-refractivity contribution >= 4 is 27.5 Å². The van der Waals surface area contributed by atoms with Gasteiger partial charge < -0.3 is 5.32 Å². The molecule has 0 bridgehead atoms. The smallest absolute Gasteiger partial charge is 0.285 e. The number of nitrogens with one attached hydrogen (secondary N) is 1. The third-order valence-corrected chi connectivity index (χ3v) is 4.75. The molecule has 1 amide bonds. The largest absolute Gasteiger partial charge is 0.351 e. The monoisotopic (exact) mass is 356 g/mol. The van der Waals surface area contributed by atoms with Gasteiger partial charge in [-0.15, -0.1) is 0 Å². The molecule has 0 aliphatic carbocycles. The van der Waals surface area contributed by atoms with E-state index in [4.69, 9.17) is 0 Å². The van der Waals surface area contributed by atoms with Crippen LogP contribution in [0.3, 0.4) is 0 Å². The van der Waals surface area contributed by atoms with Gasteiger partial charge in [-0.3, -0.25) is 14.9 Å². The first-order valence-electron chi connectivity index (χ1n) is 7.08. The molecule has 0 aliphatic rings. The summed E-state index contributed by atoms with van der Waals surface area (Å²) in [5.41, 5.74) is 0.482. The molecule has 1 rings (SSSR count). The normalized spacial score (nSPS) is 12.2. The van der Waals surface area contributed by atoms with Crippen molar-refractivity contribution in [3.05, 3.63) is 39.4 Å². The van der Waals surface area contributed by atoms with Crippen LogP contribution in [0.25, 0.3) is 0 Å². The molecule has 6 heteroatoms. The van der Waals surface area contributed by atoms with Gasteiger partial charge in [-0.2, -0.15) is 0 Å². The van der Waals surface area contributed by atoms with E-state index in [9.17, 15) is 14.9 Å². The summed E-state index contributed by atoms with van der Waals surface area (Å²) in [6.07, 6.45) is 2.04. The molecule has 1 N–H and O–H groups in total. The fraction of sp³-hybridized carbons (Fsp3) is 0.533. The van der Waals surface area contributed by atoms with Crippen LogP contribution in [0.15, 0.2) is 18.2 Å². The number of aryl methyl sites for hydroxylation is 1. The maximum atomic E-state index is 12.2. The first kappa shape index (κ1) is 17.6. The SMILES string of the molecule is CCC(CC)C(Br)CNC(=O)c1cccc(C)c1[N+](=O)[O-]. The van der Waals surface area contributed by atoms with E-state index < -0.39 is 10.8 Å². The molecular formula is C15H21BrN2O3. The highest BCUT2D eigenvalue weighted by molar-refractivity contribution is 9.09. The molecule has 1 unspecified atom stereocenters. The standard InChI is InChI=1S/C15H21BrN2O3/c1-4-11(5-2)13(16)9-17-15(19)12-8-6-7-10(3)14(12)18(20)21/h6-8,11,13H,4-5,9H2,1-3H3,(H,17,19). The van der Waals surface area contributed by atoms with E-state index in [1.807, 2.05) is 0 Å². The lowest BCUT2D eigenvalue weighted by Gasteiger charge is -2.19. The number of carbonyl (C=O) groups excluding carboxylic acids is 1. The molecule has 5 nitrogen and oxygen atoms in total. The minimum atomic E-state index is -0.503. The average Bonchev–Trinajstić information content (AvgIpc) is 2.45. The molecule has 0 heterocycles. The lowest BCUT2D eigenvalue weighted by atomic mass is 9.99. The number of nitrogens with zero attached hydrogens (tertiary/aromatic N) is 1. The van der Waals surface area contributed by atoms with Gasteiger partial charge in [0.05, 0.1) is 4.92 Å². The summed E-state index contributed by atoms with van der Waals surface area (Å²) in [6.45, 7) is 6.30. The van der Waals surface area contributed by atoms with Crippen LogP contribution < -0.4 is 5.32 Å². The topological polar surface area (TPSA) is 72.2 Å². The van der Waals surface area contributed by atoms with Crippen molar-refractivity contribution in [3.63, 3.8) is 0 Å². The number of halogens is 1. The Labute approximate surface area is 133 Å². The number of hydrogen-bond donors (Lipinski definition) is 1. The van der Waals surface area contributed by atoms with E-state index in [-0.39, 0.29) is 16.1 Å². The molecule has 0 aromatic heterocycles. The molecule has 0 radical (unpaired) electrons. The fourth-order valence-corrected chi connectivity index (χ4v) is 3.25. The molecule has 0 spiro atoms. The highest BCUT2D eigenvalue weighted by Gasteiger charge is 2.23. The van der Waals surface area contributed by atoms with Crippen LogP contribution in [0, 0.1) is 23.0 Å². The third-order valence-electron chi connectivity index (χ3n) is 3.68. The second-order valence-corrected chi connectivity index (χ2v) is 6.21. The van der Waals surface area contributed by atoms with Gasteiger partial charge in [0.1, 0.15) is 5.56 Å². The van der Waals surface area contributed by atoms with Gasteiger partial charge >= 0.3 is 0 Å². The lowest BCUT2D eigenvalue weighted by molar-refractivity contribution is -0.385. The molecule has 0 aliphatic heterocycles. The molecule has 0 saturated carbocycles.